The molecule has 1 aliphatic rings. The van der Waals surface area contributed by atoms with Crippen molar-refractivity contribution < 1.29 is 14.3 Å². The van der Waals surface area contributed by atoms with E-state index in [0.717, 1.165) is 5.56 Å². The zero-order chi connectivity index (χ0) is 26.5. The van der Waals surface area contributed by atoms with Gasteiger partial charge in [-0.25, -0.2) is 0 Å². The van der Waals surface area contributed by atoms with E-state index in [-0.39, 0.29) is 24.2 Å². The van der Waals surface area contributed by atoms with Crippen LogP contribution in [0, 0.1) is 6.92 Å². The summed E-state index contributed by atoms with van der Waals surface area (Å²) < 4.78 is 16.5. The summed E-state index contributed by atoms with van der Waals surface area (Å²) in [6, 6.07) is 14.1. The van der Waals surface area contributed by atoms with E-state index in [9.17, 15) is 9.59 Å². The van der Waals surface area contributed by atoms with Crippen LogP contribution in [0.5, 0.6) is 10.9 Å². The standard InChI is InChI=1S/C25H24ClN7O4S/c1-15-27-25(38-32-15)37-20-8-6-18(7-9-20)29-24-31-30-21(22(34)28-19-10-12-36-13-11-19)23(35)33(24)14-16-2-4-17(26)5-3-16/h2-9,19H,10-14H2,1H3,(H,28,34)(H,29,31). The van der Waals surface area contributed by atoms with Crippen LogP contribution in [-0.2, 0) is 11.3 Å². The molecule has 0 saturated carbocycles. The van der Waals surface area contributed by atoms with Crippen molar-refractivity contribution in [1.29, 1.82) is 0 Å². The van der Waals surface area contributed by atoms with E-state index in [1.807, 2.05) is 12.1 Å². The minimum atomic E-state index is -0.561. The van der Waals surface area contributed by atoms with E-state index >= 15 is 0 Å². The topological polar surface area (TPSA) is 133 Å². The summed E-state index contributed by atoms with van der Waals surface area (Å²) >= 11 is 7.20. The van der Waals surface area contributed by atoms with Crippen molar-refractivity contribution in [3.05, 3.63) is 81.0 Å². The fourth-order valence-electron chi connectivity index (χ4n) is 3.82. The van der Waals surface area contributed by atoms with E-state index in [2.05, 4.69) is 30.2 Å². The number of carbonyl (C=O) groups excluding carboxylic acids is 1. The number of ether oxygens (including phenoxy) is 2. The van der Waals surface area contributed by atoms with Crippen LogP contribution in [0.1, 0.15) is 34.7 Å². The first-order valence-corrected chi connectivity index (χ1v) is 13.1. The average molecular weight is 554 g/mol. The van der Waals surface area contributed by atoms with Crippen LogP contribution < -0.4 is 20.9 Å². The summed E-state index contributed by atoms with van der Waals surface area (Å²) in [6.45, 7) is 3.07. The maximum absolute atomic E-state index is 13.5. The Morgan fingerprint density at radius 1 is 1.13 bits per heavy atom. The minimum Gasteiger partial charge on any atom is -0.430 e. The molecule has 5 rings (SSSR count). The highest BCUT2D eigenvalue weighted by Crippen LogP contribution is 2.25. The number of rotatable bonds is 8. The second-order valence-corrected chi connectivity index (χ2v) is 9.76. The molecule has 0 radical (unpaired) electrons. The lowest BCUT2D eigenvalue weighted by Crippen LogP contribution is -2.43. The predicted octanol–water partition coefficient (Wildman–Crippen LogP) is 3.94. The number of aryl methyl sites for hydroxylation is 1. The molecule has 3 heterocycles. The number of nitrogens with zero attached hydrogens (tertiary/aromatic N) is 5. The minimum absolute atomic E-state index is 0.0789. The molecule has 1 saturated heterocycles. The highest BCUT2D eigenvalue weighted by molar-refractivity contribution is 7.07. The zero-order valence-corrected chi connectivity index (χ0v) is 22.0. The number of anilines is 2. The first-order chi connectivity index (χ1) is 18.4. The molecule has 196 valence electrons. The highest BCUT2D eigenvalue weighted by Gasteiger charge is 2.23. The quantitative estimate of drug-likeness (QED) is 0.333. The van der Waals surface area contributed by atoms with Crippen LogP contribution >= 0.6 is 23.1 Å². The molecule has 2 aromatic heterocycles. The summed E-state index contributed by atoms with van der Waals surface area (Å²) in [5.74, 6) is 0.849. The van der Waals surface area contributed by atoms with Crippen LogP contribution in [0.3, 0.4) is 0 Å². The van der Waals surface area contributed by atoms with Crippen LogP contribution in [0.2, 0.25) is 5.02 Å². The van der Waals surface area contributed by atoms with Crippen molar-refractivity contribution in [2.45, 2.75) is 32.4 Å². The number of aromatic nitrogens is 5. The second-order valence-electron chi connectivity index (χ2n) is 8.61. The number of halogens is 1. The highest BCUT2D eigenvalue weighted by atomic mass is 35.5. The Hall–Kier alpha value is -3.87. The molecule has 1 aliphatic heterocycles. The van der Waals surface area contributed by atoms with Gasteiger partial charge in [-0.2, -0.15) is 9.36 Å². The Labute approximate surface area is 227 Å². The molecule has 0 spiro atoms. The molecule has 0 atom stereocenters. The van der Waals surface area contributed by atoms with E-state index in [1.54, 1.807) is 43.3 Å². The van der Waals surface area contributed by atoms with Crippen molar-refractivity contribution in [2.24, 2.45) is 0 Å². The molecule has 0 unspecified atom stereocenters. The van der Waals surface area contributed by atoms with Gasteiger partial charge in [0.2, 0.25) is 11.6 Å². The maximum atomic E-state index is 13.5. The lowest BCUT2D eigenvalue weighted by molar-refractivity contribution is 0.0692. The zero-order valence-electron chi connectivity index (χ0n) is 20.4. The number of hydrogen-bond donors (Lipinski definition) is 2. The van der Waals surface area contributed by atoms with E-state index in [1.165, 1.54) is 16.1 Å². The van der Waals surface area contributed by atoms with Gasteiger partial charge < -0.3 is 20.1 Å². The third-order valence-electron chi connectivity index (χ3n) is 5.80. The average Bonchev–Trinajstić information content (AvgIpc) is 3.33. The van der Waals surface area contributed by atoms with Gasteiger partial charge in [0.05, 0.1) is 6.54 Å². The Morgan fingerprint density at radius 3 is 2.55 bits per heavy atom. The number of benzene rings is 2. The predicted molar refractivity (Wildman–Crippen MR) is 143 cm³/mol. The summed E-state index contributed by atoms with van der Waals surface area (Å²) in [4.78, 5) is 30.6. The number of amides is 1. The molecule has 38 heavy (non-hydrogen) atoms. The molecule has 0 bridgehead atoms. The van der Waals surface area contributed by atoms with Crippen molar-refractivity contribution in [1.82, 2.24) is 29.4 Å². The van der Waals surface area contributed by atoms with Gasteiger partial charge in [0.1, 0.15) is 11.6 Å². The second kappa shape index (κ2) is 11.7. The number of nitrogens with one attached hydrogen (secondary N) is 2. The van der Waals surface area contributed by atoms with E-state index < -0.39 is 11.5 Å². The molecule has 1 fully saturated rings. The van der Waals surface area contributed by atoms with Gasteiger partial charge in [0.25, 0.3) is 16.7 Å². The fraction of sp³-hybridized carbons (Fsp3) is 0.280. The number of carbonyl (C=O) groups is 1. The lowest BCUT2D eigenvalue weighted by Gasteiger charge is -2.22. The maximum Gasteiger partial charge on any atom is 0.298 e. The third kappa shape index (κ3) is 6.33. The van der Waals surface area contributed by atoms with Crippen molar-refractivity contribution in [3.63, 3.8) is 0 Å². The molecule has 0 aliphatic carbocycles. The molecular weight excluding hydrogens is 530 g/mol. The Morgan fingerprint density at radius 2 is 1.87 bits per heavy atom. The van der Waals surface area contributed by atoms with Crippen LogP contribution in [0.25, 0.3) is 0 Å². The van der Waals surface area contributed by atoms with Crippen molar-refractivity contribution >= 4 is 40.7 Å². The van der Waals surface area contributed by atoms with Gasteiger partial charge in [0.15, 0.2) is 0 Å². The molecular formula is C25H24ClN7O4S. The van der Waals surface area contributed by atoms with Crippen LogP contribution in [0.15, 0.2) is 53.3 Å². The van der Waals surface area contributed by atoms with Gasteiger partial charge in [-0.05, 0) is 61.7 Å². The molecule has 2 aromatic carbocycles. The van der Waals surface area contributed by atoms with E-state index in [4.69, 9.17) is 21.1 Å². The van der Waals surface area contributed by atoms with Gasteiger partial charge in [-0.1, -0.05) is 23.7 Å². The largest absolute Gasteiger partial charge is 0.430 e. The summed E-state index contributed by atoms with van der Waals surface area (Å²) in [7, 11) is 0. The molecule has 13 heteroatoms. The monoisotopic (exact) mass is 553 g/mol. The summed E-state index contributed by atoms with van der Waals surface area (Å²) in [5, 5.41) is 15.2. The summed E-state index contributed by atoms with van der Waals surface area (Å²) in [5.41, 5.74) is 0.615. The normalized spacial score (nSPS) is 13.7. The molecule has 1 amide bonds. The Kier molecular flexibility index (Phi) is 7.91. The van der Waals surface area contributed by atoms with Gasteiger partial charge in [-0.3, -0.25) is 14.2 Å². The number of hydrogen-bond acceptors (Lipinski definition) is 10. The fourth-order valence-corrected chi connectivity index (χ4v) is 4.51. The van der Waals surface area contributed by atoms with Crippen LogP contribution in [-0.4, -0.2) is 49.3 Å². The molecule has 4 aromatic rings. The van der Waals surface area contributed by atoms with E-state index in [0.29, 0.717) is 53.5 Å². The molecule has 11 nitrogen and oxygen atoms in total. The smallest absolute Gasteiger partial charge is 0.298 e. The Bertz CT molecular complexity index is 1470. The first-order valence-electron chi connectivity index (χ1n) is 11.9. The van der Waals surface area contributed by atoms with Crippen molar-refractivity contribution in [2.75, 3.05) is 18.5 Å². The summed E-state index contributed by atoms with van der Waals surface area (Å²) in [6.07, 6.45) is 1.35. The first kappa shape index (κ1) is 25.8. The third-order valence-corrected chi connectivity index (χ3v) is 6.74. The SMILES string of the molecule is Cc1nsc(Oc2ccc(Nc3nnc(C(=O)NC4CCOCC4)c(=O)n3Cc3ccc(Cl)cc3)cc2)n1. The van der Waals surface area contributed by atoms with Gasteiger partial charge in [-0.15, -0.1) is 10.2 Å². The van der Waals surface area contributed by atoms with Gasteiger partial charge >= 0.3 is 0 Å². The van der Waals surface area contributed by atoms with Crippen LogP contribution in [0.4, 0.5) is 11.6 Å². The molecule has 2 N–H and O–H groups in total. The Balaban J connectivity index is 1.40. The van der Waals surface area contributed by atoms with Crippen molar-refractivity contribution in [3.8, 4) is 10.9 Å². The lowest BCUT2D eigenvalue weighted by atomic mass is 10.1. The van der Waals surface area contributed by atoms with Gasteiger partial charge in [0, 0.05) is 41.5 Å².